The van der Waals surface area contributed by atoms with Crippen LogP contribution in [0.5, 0.6) is 0 Å². The average molecular weight is 217 g/mol. The van der Waals surface area contributed by atoms with Gasteiger partial charge in [-0.15, -0.1) is 0 Å². The summed E-state index contributed by atoms with van der Waals surface area (Å²) in [7, 11) is 0. The fraction of sp³-hybridized carbons (Fsp3) is 1.00. The maximum atomic E-state index is 9.81. The lowest BCUT2D eigenvalue weighted by Crippen LogP contribution is -2.49. The SMILES string of the molecule is CCCCCCN(CC)C(O)(O)CCC. The predicted octanol–water partition coefficient (Wildman–Crippen LogP) is 2.33. The quantitative estimate of drug-likeness (QED) is 0.460. The number of rotatable bonds is 9. The Balaban J connectivity index is 3.89. The molecule has 0 amide bonds. The van der Waals surface area contributed by atoms with Crippen molar-refractivity contribution in [1.82, 2.24) is 4.90 Å². The first-order valence-corrected chi connectivity index (χ1v) is 6.28. The molecule has 0 spiro atoms. The molecule has 0 bridgehead atoms. The summed E-state index contributed by atoms with van der Waals surface area (Å²) < 4.78 is 0. The van der Waals surface area contributed by atoms with Crippen molar-refractivity contribution in [2.45, 2.75) is 65.2 Å². The van der Waals surface area contributed by atoms with Crippen LogP contribution in [0.25, 0.3) is 0 Å². The minimum Gasteiger partial charge on any atom is -0.353 e. The highest BCUT2D eigenvalue weighted by Crippen LogP contribution is 2.16. The smallest absolute Gasteiger partial charge is 0.224 e. The Kier molecular flexibility index (Phi) is 8.02. The van der Waals surface area contributed by atoms with Crippen LogP contribution >= 0.6 is 0 Å². The van der Waals surface area contributed by atoms with Gasteiger partial charge >= 0.3 is 0 Å². The molecule has 0 saturated heterocycles. The van der Waals surface area contributed by atoms with E-state index in [0.29, 0.717) is 13.0 Å². The van der Waals surface area contributed by atoms with Gasteiger partial charge in [0.1, 0.15) is 0 Å². The van der Waals surface area contributed by atoms with Gasteiger partial charge in [0.2, 0.25) is 5.91 Å². The van der Waals surface area contributed by atoms with E-state index >= 15 is 0 Å². The van der Waals surface area contributed by atoms with E-state index in [4.69, 9.17) is 0 Å². The predicted molar refractivity (Wildman–Crippen MR) is 63.5 cm³/mol. The number of hydrogen-bond donors (Lipinski definition) is 2. The van der Waals surface area contributed by atoms with Crippen LogP contribution in [-0.4, -0.2) is 34.1 Å². The highest BCUT2D eigenvalue weighted by molar-refractivity contribution is 4.66. The first kappa shape index (κ1) is 14.9. The largest absolute Gasteiger partial charge is 0.353 e. The van der Waals surface area contributed by atoms with Gasteiger partial charge in [0.05, 0.1) is 0 Å². The molecule has 0 heterocycles. The molecule has 92 valence electrons. The monoisotopic (exact) mass is 217 g/mol. The van der Waals surface area contributed by atoms with Gasteiger partial charge < -0.3 is 10.2 Å². The molecule has 2 N–H and O–H groups in total. The van der Waals surface area contributed by atoms with E-state index in [1.165, 1.54) is 19.3 Å². The third-order valence-electron chi connectivity index (χ3n) is 2.76. The van der Waals surface area contributed by atoms with Crippen LogP contribution in [0, 0.1) is 0 Å². The molecule has 0 aliphatic heterocycles. The van der Waals surface area contributed by atoms with Crippen LogP contribution in [0.4, 0.5) is 0 Å². The van der Waals surface area contributed by atoms with Gasteiger partial charge in [-0.2, -0.15) is 0 Å². The topological polar surface area (TPSA) is 43.7 Å². The Bertz CT molecular complexity index is 149. The maximum Gasteiger partial charge on any atom is 0.224 e. The van der Waals surface area contributed by atoms with Gasteiger partial charge in [0.15, 0.2) is 0 Å². The van der Waals surface area contributed by atoms with Crippen LogP contribution in [0.15, 0.2) is 0 Å². The van der Waals surface area contributed by atoms with E-state index in [1.54, 1.807) is 4.90 Å². The standard InChI is InChI=1S/C12H27NO2/c1-4-7-8-9-11-13(6-3)12(14,15)10-5-2/h14-15H,4-11H2,1-3H3. The first-order valence-electron chi connectivity index (χ1n) is 6.28. The van der Waals surface area contributed by atoms with E-state index in [-0.39, 0.29) is 0 Å². The van der Waals surface area contributed by atoms with Crippen molar-refractivity contribution in [3.63, 3.8) is 0 Å². The first-order chi connectivity index (χ1) is 7.08. The van der Waals surface area contributed by atoms with Crippen molar-refractivity contribution in [2.24, 2.45) is 0 Å². The fourth-order valence-corrected chi connectivity index (χ4v) is 1.81. The van der Waals surface area contributed by atoms with Crippen molar-refractivity contribution in [1.29, 1.82) is 0 Å². The van der Waals surface area contributed by atoms with Crippen molar-refractivity contribution < 1.29 is 10.2 Å². The Morgan fingerprint density at radius 2 is 1.60 bits per heavy atom. The van der Waals surface area contributed by atoms with Crippen molar-refractivity contribution in [2.75, 3.05) is 13.1 Å². The van der Waals surface area contributed by atoms with E-state index in [1.807, 2.05) is 13.8 Å². The maximum absolute atomic E-state index is 9.81. The zero-order valence-corrected chi connectivity index (χ0v) is 10.5. The minimum absolute atomic E-state index is 0.425. The van der Waals surface area contributed by atoms with Crippen LogP contribution in [0.3, 0.4) is 0 Å². The molecular formula is C12H27NO2. The molecule has 0 aromatic heterocycles. The number of nitrogens with zero attached hydrogens (tertiary/aromatic N) is 1. The molecule has 0 saturated carbocycles. The van der Waals surface area contributed by atoms with Crippen molar-refractivity contribution in [3.8, 4) is 0 Å². The summed E-state index contributed by atoms with van der Waals surface area (Å²) in [6, 6.07) is 0. The van der Waals surface area contributed by atoms with Crippen LogP contribution < -0.4 is 0 Å². The average Bonchev–Trinajstić information content (AvgIpc) is 2.17. The molecule has 0 unspecified atom stereocenters. The summed E-state index contributed by atoms with van der Waals surface area (Å²) in [6.07, 6.45) is 5.89. The molecule has 0 aromatic carbocycles. The lowest BCUT2D eigenvalue weighted by molar-refractivity contribution is -0.267. The fourth-order valence-electron chi connectivity index (χ4n) is 1.81. The summed E-state index contributed by atoms with van der Waals surface area (Å²) in [5.41, 5.74) is 0. The van der Waals surface area contributed by atoms with Gasteiger partial charge in [-0.1, -0.05) is 40.0 Å². The molecule has 15 heavy (non-hydrogen) atoms. The molecule has 3 heteroatoms. The molecule has 0 aliphatic carbocycles. The van der Waals surface area contributed by atoms with Crippen LogP contribution in [0.1, 0.15) is 59.3 Å². The van der Waals surface area contributed by atoms with E-state index < -0.39 is 5.91 Å². The minimum atomic E-state index is -1.60. The lowest BCUT2D eigenvalue weighted by Gasteiger charge is -2.34. The van der Waals surface area contributed by atoms with Gasteiger partial charge in [-0.05, 0) is 12.8 Å². The van der Waals surface area contributed by atoms with E-state index in [0.717, 1.165) is 19.4 Å². The second-order valence-electron chi connectivity index (χ2n) is 4.16. The summed E-state index contributed by atoms with van der Waals surface area (Å²) in [5, 5.41) is 19.6. The normalized spacial score (nSPS) is 12.4. The Labute approximate surface area is 94.1 Å². The van der Waals surface area contributed by atoms with Crippen LogP contribution in [-0.2, 0) is 0 Å². The molecule has 0 rings (SSSR count). The number of aliphatic hydroxyl groups is 2. The van der Waals surface area contributed by atoms with E-state index in [2.05, 4.69) is 6.92 Å². The van der Waals surface area contributed by atoms with Gasteiger partial charge in [-0.25, -0.2) is 0 Å². The summed E-state index contributed by atoms with van der Waals surface area (Å²) >= 11 is 0. The molecule has 0 aliphatic rings. The number of unbranched alkanes of at least 4 members (excludes halogenated alkanes) is 3. The summed E-state index contributed by atoms with van der Waals surface area (Å²) in [4.78, 5) is 1.76. The second-order valence-corrected chi connectivity index (χ2v) is 4.16. The van der Waals surface area contributed by atoms with Gasteiger partial charge in [-0.3, -0.25) is 4.90 Å². The van der Waals surface area contributed by atoms with E-state index in [9.17, 15) is 10.2 Å². The van der Waals surface area contributed by atoms with Gasteiger partial charge in [0, 0.05) is 19.5 Å². The highest BCUT2D eigenvalue weighted by Gasteiger charge is 2.28. The highest BCUT2D eigenvalue weighted by atomic mass is 16.5. The third kappa shape index (κ3) is 6.13. The number of hydrogen-bond acceptors (Lipinski definition) is 3. The lowest BCUT2D eigenvalue weighted by atomic mass is 10.1. The zero-order chi connectivity index (χ0) is 11.7. The molecular weight excluding hydrogens is 190 g/mol. The summed E-state index contributed by atoms with van der Waals surface area (Å²) in [6.45, 7) is 7.59. The molecule has 0 fully saturated rings. The Morgan fingerprint density at radius 1 is 0.933 bits per heavy atom. The zero-order valence-electron chi connectivity index (χ0n) is 10.5. The Hall–Kier alpha value is -0.120. The van der Waals surface area contributed by atoms with Crippen molar-refractivity contribution in [3.05, 3.63) is 0 Å². The van der Waals surface area contributed by atoms with Gasteiger partial charge in [0.25, 0.3) is 0 Å². The summed E-state index contributed by atoms with van der Waals surface area (Å²) in [5.74, 6) is -1.60. The molecule has 0 atom stereocenters. The van der Waals surface area contributed by atoms with Crippen LogP contribution in [0.2, 0.25) is 0 Å². The Morgan fingerprint density at radius 3 is 2.07 bits per heavy atom. The molecule has 0 aromatic rings. The second kappa shape index (κ2) is 8.08. The molecule has 3 nitrogen and oxygen atoms in total. The third-order valence-corrected chi connectivity index (χ3v) is 2.76. The van der Waals surface area contributed by atoms with Crippen molar-refractivity contribution >= 4 is 0 Å². The molecule has 0 radical (unpaired) electrons.